The van der Waals surface area contributed by atoms with Crippen LogP contribution in [0.5, 0.6) is 0 Å². The van der Waals surface area contributed by atoms with E-state index in [4.69, 9.17) is 5.73 Å². The zero-order valence-corrected chi connectivity index (χ0v) is 9.76. The molecule has 0 saturated heterocycles. The summed E-state index contributed by atoms with van der Waals surface area (Å²) < 4.78 is 1.72. The number of hydrogen-bond acceptors (Lipinski definition) is 4. The Morgan fingerprint density at radius 2 is 2.12 bits per heavy atom. The zero-order chi connectivity index (χ0) is 11.5. The molecule has 1 heterocycles. The van der Waals surface area contributed by atoms with Crippen LogP contribution in [0.3, 0.4) is 0 Å². The van der Waals surface area contributed by atoms with Crippen LogP contribution in [0, 0.1) is 0 Å². The molecular formula is C11H20N4O. The maximum absolute atomic E-state index is 10.1. The van der Waals surface area contributed by atoms with Gasteiger partial charge in [-0.15, -0.1) is 0 Å². The van der Waals surface area contributed by atoms with Gasteiger partial charge in [-0.1, -0.05) is 26.2 Å². The van der Waals surface area contributed by atoms with Crippen LogP contribution in [0.4, 0.5) is 5.95 Å². The number of aliphatic hydroxyl groups is 1. The second kappa shape index (κ2) is 4.82. The fraction of sp³-hybridized carbons (Fsp3) is 0.818. The molecule has 1 aromatic rings. The molecule has 1 aliphatic carbocycles. The summed E-state index contributed by atoms with van der Waals surface area (Å²) in [7, 11) is 0. The Kier molecular flexibility index (Phi) is 3.43. The third-order valence-electron chi connectivity index (χ3n) is 3.28. The minimum absolute atomic E-state index is 0.00954. The molecule has 3 N–H and O–H groups in total. The van der Waals surface area contributed by atoms with Crippen molar-refractivity contribution in [1.29, 1.82) is 0 Å². The van der Waals surface area contributed by atoms with Crippen molar-refractivity contribution in [2.75, 3.05) is 5.73 Å². The van der Waals surface area contributed by atoms with E-state index < -0.39 is 0 Å². The fourth-order valence-corrected chi connectivity index (χ4v) is 2.33. The first-order valence-electron chi connectivity index (χ1n) is 6.11. The normalized spacial score (nSPS) is 26.6. The molecule has 0 amide bonds. The van der Waals surface area contributed by atoms with Gasteiger partial charge in [0.1, 0.15) is 0 Å². The lowest BCUT2D eigenvalue weighted by atomic mass is 10.1. The highest BCUT2D eigenvalue weighted by atomic mass is 16.3. The van der Waals surface area contributed by atoms with Crippen molar-refractivity contribution in [3.63, 3.8) is 0 Å². The summed E-state index contributed by atoms with van der Waals surface area (Å²) >= 11 is 0. The molecule has 1 aromatic heterocycles. The molecule has 2 atom stereocenters. The quantitative estimate of drug-likeness (QED) is 0.742. The van der Waals surface area contributed by atoms with Gasteiger partial charge in [-0.3, -0.25) is 0 Å². The largest absolute Gasteiger partial charge is 0.391 e. The second-order valence-corrected chi connectivity index (χ2v) is 4.46. The predicted octanol–water partition coefficient (Wildman–Crippen LogP) is 1.29. The summed E-state index contributed by atoms with van der Waals surface area (Å²) in [6.07, 6.45) is 5.62. The lowest BCUT2D eigenvalue weighted by Crippen LogP contribution is -2.25. The highest BCUT2D eigenvalue weighted by Gasteiger charge is 2.26. The number of aryl methyl sites for hydroxylation is 1. The Morgan fingerprint density at radius 1 is 1.38 bits per heavy atom. The molecule has 5 nitrogen and oxygen atoms in total. The summed E-state index contributed by atoms with van der Waals surface area (Å²) in [6, 6.07) is 0.00954. The fourth-order valence-electron chi connectivity index (χ4n) is 2.33. The Bertz CT molecular complexity index is 350. The molecule has 0 aromatic carbocycles. The van der Waals surface area contributed by atoms with Gasteiger partial charge in [-0.05, 0) is 12.8 Å². The maximum atomic E-state index is 10.1. The third-order valence-corrected chi connectivity index (χ3v) is 3.28. The molecular weight excluding hydrogens is 204 g/mol. The number of nitrogens with zero attached hydrogens (tertiary/aromatic N) is 3. The van der Waals surface area contributed by atoms with Gasteiger partial charge in [0.2, 0.25) is 5.95 Å². The molecule has 90 valence electrons. The summed E-state index contributed by atoms with van der Waals surface area (Å²) in [5.74, 6) is 1.19. The van der Waals surface area contributed by atoms with Gasteiger partial charge in [0.05, 0.1) is 12.1 Å². The average molecular weight is 224 g/mol. The van der Waals surface area contributed by atoms with Crippen LogP contribution in [0.2, 0.25) is 0 Å². The Hall–Kier alpha value is -1.10. The van der Waals surface area contributed by atoms with Gasteiger partial charge in [-0.2, -0.15) is 10.1 Å². The molecule has 0 aliphatic heterocycles. The van der Waals surface area contributed by atoms with E-state index in [0.29, 0.717) is 5.95 Å². The lowest BCUT2D eigenvalue weighted by Gasteiger charge is -2.20. The number of nitrogen functional groups attached to an aromatic ring is 1. The highest BCUT2D eigenvalue weighted by Crippen LogP contribution is 2.28. The lowest BCUT2D eigenvalue weighted by molar-refractivity contribution is 0.0999. The van der Waals surface area contributed by atoms with Crippen LogP contribution < -0.4 is 5.73 Å². The molecule has 0 radical (unpaired) electrons. The van der Waals surface area contributed by atoms with E-state index in [1.165, 1.54) is 6.42 Å². The summed E-state index contributed by atoms with van der Waals surface area (Å²) in [4.78, 5) is 4.19. The second-order valence-electron chi connectivity index (χ2n) is 4.46. The minimum Gasteiger partial charge on any atom is -0.391 e. The number of aromatic nitrogens is 3. The number of hydrogen-bond donors (Lipinski definition) is 2. The first kappa shape index (κ1) is 11.4. The molecule has 1 aliphatic rings. The van der Waals surface area contributed by atoms with E-state index in [-0.39, 0.29) is 12.1 Å². The van der Waals surface area contributed by atoms with E-state index >= 15 is 0 Å². The van der Waals surface area contributed by atoms with Crippen molar-refractivity contribution < 1.29 is 5.11 Å². The first-order valence-corrected chi connectivity index (χ1v) is 6.11. The first-order chi connectivity index (χ1) is 7.72. The van der Waals surface area contributed by atoms with Crippen molar-refractivity contribution in [2.45, 2.75) is 57.6 Å². The SMILES string of the molecule is CCc1nc(N)n(C2CCCCCC2O)n1. The van der Waals surface area contributed by atoms with Crippen LogP contribution in [0.1, 0.15) is 50.9 Å². The number of nitrogens with two attached hydrogens (primary N) is 1. The van der Waals surface area contributed by atoms with Crippen molar-refractivity contribution in [3.05, 3.63) is 5.82 Å². The van der Waals surface area contributed by atoms with Gasteiger partial charge < -0.3 is 10.8 Å². The third kappa shape index (κ3) is 2.19. The zero-order valence-electron chi connectivity index (χ0n) is 9.76. The number of aliphatic hydroxyl groups excluding tert-OH is 1. The Balaban J connectivity index is 2.22. The molecule has 0 bridgehead atoms. The minimum atomic E-state index is -0.337. The molecule has 16 heavy (non-hydrogen) atoms. The molecule has 1 fully saturated rings. The van der Waals surface area contributed by atoms with Gasteiger partial charge in [-0.25, -0.2) is 4.68 Å². The molecule has 5 heteroatoms. The standard InChI is InChI=1S/C11H20N4O/c1-2-10-13-11(12)15(14-10)8-6-4-3-5-7-9(8)16/h8-9,16H,2-7H2,1H3,(H2,12,13,14). The molecule has 1 saturated carbocycles. The van der Waals surface area contributed by atoms with E-state index in [1.807, 2.05) is 6.92 Å². The molecule has 0 spiro atoms. The number of anilines is 1. The van der Waals surface area contributed by atoms with Crippen LogP contribution in [0.25, 0.3) is 0 Å². The summed E-state index contributed by atoms with van der Waals surface area (Å²) in [6.45, 7) is 2.00. The van der Waals surface area contributed by atoms with E-state index in [1.54, 1.807) is 4.68 Å². The molecule has 2 unspecified atom stereocenters. The highest BCUT2D eigenvalue weighted by molar-refractivity contribution is 5.17. The van der Waals surface area contributed by atoms with Crippen LogP contribution in [-0.4, -0.2) is 26.0 Å². The van der Waals surface area contributed by atoms with Crippen molar-refractivity contribution in [3.8, 4) is 0 Å². The maximum Gasteiger partial charge on any atom is 0.219 e. The van der Waals surface area contributed by atoms with Gasteiger partial charge in [0, 0.05) is 6.42 Å². The van der Waals surface area contributed by atoms with Crippen LogP contribution in [0.15, 0.2) is 0 Å². The van der Waals surface area contributed by atoms with Gasteiger partial charge >= 0.3 is 0 Å². The Labute approximate surface area is 95.7 Å². The van der Waals surface area contributed by atoms with Crippen molar-refractivity contribution in [2.24, 2.45) is 0 Å². The smallest absolute Gasteiger partial charge is 0.219 e. The van der Waals surface area contributed by atoms with E-state index in [0.717, 1.165) is 37.9 Å². The summed E-state index contributed by atoms with van der Waals surface area (Å²) in [5, 5.41) is 14.4. The van der Waals surface area contributed by atoms with Gasteiger partial charge in [0.25, 0.3) is 0 Å². The predicted molar refractivity (Wildman–Crippen MR) is 61.9 cm³/mol. The Morgan fingerprint density at radius 3 is 2.81 bits per heavy atom. The van der Waals surface area contributed by atoms with Gasteiger partial charge in [0.15, 0.2) is 5.82 Å². The average Bonchev–Trinajstić information content (AvgIpc) is 2.51. The summed E-state index contributed by atoms with van der Waals surface area (Å²) in [5.41, 5.74) is 5.84. The van der Waals surface area contributed by atoms with E-state index in [2.05, 4.69) is 10.1 Å². The van der Waals surface area contributed by atoms with Crippen molar-refractivity contribution in [1.82, 2.24) is 14.8 Å². The van der Waals surface area contributed by atoms with Crippen LogP contribution in [-0.2, 0) is 6.42 Å². The van der Waals surface area contributed by atoms with E-state index in [9.17, 15) is 5.11 Å². The van der Waals surface area contributed by atoms with Crippen LogP contribution >= 0.6 is 0 Å². The number of rotatable bonds is 2. The van der Waals surface area contributed by atoms with Crippen molar-refractivity contribution >= 4 is 5.95 Å². The molecule has 2 rings (SSSR count). The monoisotopic (exact) mass is 224 g/mol. The topological polar surface area (TPSA) is 77.0 Å².